The van der Waals surface area contributed by atoms with Crippen molar-refractivity contribution in [2.24, 2.45) is 5.73 Å². The lowest BCUT2D eigenvalue weighted by Gasteiger charge is -2.23. The van der Waals surface area contributed by atoms with Crippen LogP contribution < -0.4 is 10.6 Å². The van der Waals surface area contributed by atoms with Crippen LogP contribution in [0.1, 0.15) is 19.8 Å². The number of pyridine rings is 1. The van der Waals surface area contributed by atoms with Gasteiger partial charge in [0.15, 0.2) is 0 Å². The third-order valence-corrected chi connectivity index (χ3v) is 2.15. The first-order chi connectivity index (χ1) is 6.88. The Bertz CT molecular complexity index is 236. The van der Waals surface area contributed by atoms with E-state index in [9.17, 15) is 0 Å². The molecular weight excluding hydrogens is 174 g/mol. The van der Waals surface area contributed by atoms with Crippen molar-refractivity contribution in [2.75, 3.05) is 24.5 Å². The molecule has 0 atom stereocenters. The predicted octanol–water partition coefficient (Wildman–Crippen LogP) is 1.65. The fraction of sp³-hybridized carbons (Fsp3) is 0.545. The fourth-order valence-corrected chi connectivity index (χ4v) is 1.48. The third-order valence-electron chi connectivity index (χ3n) is 2.15. The molecule has 0 radical (unpaired) electrons. The summed E-state index contributed by atoms with van der Waals surface area (Å²) in [7, 11) is 0. The molecule has 1 rings (SSSR count). The van der Waals surface area contributed by atoms with Crippen molar-refractivity contribution in [3.63, 3.8) is 0 Å². The second kappa shape index (κ2) is 6.38. The molecule has 0 unspecified atom stereocenters. The average molecular weight is 193 g/mol. The van der Waals surface area contributed by atoms with E-state index in [4.69, 9.17) is 5.73 Å². The van der Waals surface area contributed by atoms with Gasteiger partial charge in [-0.2, -0.15) is 0 Å². The van der Waals surface area contributed by atoms with Gasteiger partial charge < -0.3 is 10.6 Å². The summed E-state index contributed by atoms with van der Waals surface area (Å²) in [4.78, 5) is 6.37. The zero-order chi connectivity index (χ0) is 10.2. The van der Waals surface area contributed by atoms with E-state index >= 15 is 0 Å². The van der Waals surface area contributed by atoms with Gasteiger partial charge in [0.25, 0.3) is 0 Å². The lowest BCUT2D eigenvalue weighted by Crippen LogP contribution is -2.26. The highest BCUT2D eigenvalue weighted by Gasteiger charge is 2.03. The molecular formula is C11H19N3. The Morgan fingerprint density at radius 2 is 2.00 bits per heavy atom. The Labute approximate surface area is 85.9 Å². The first kappa shape index (κ1) is 11.0. The van der Waals surface area contributed by atoms with Crippen molar-refractivity contribution in [3.05, 3.63) is 24.5 Å². The van der Waals surface area contributed by atoms with Gasteiger partial charge in [-0.1, -0.05) is 6.92 Å². The lowest BCUT2D eigenvalue weighted by atomic mass is 10.3. The third kappa shape index (κ3) is 3.34. The molecule has 0 bridgehead atoms. The van der Waals surface area contributed by atoms with Crippen molar-refractivity contribution in [1.29, 1.82) is 0 Å². The molecule has 78 valence electrons. The number of hydrogen-bond donors (Lipinski definition) is 1. The Balaban J connectivity index is 2.58. The maximum Gasteiger partial charge on any atom is 0.0397 e. The van der Waals surface area contributed by atoms with Gasteiger partial charge in [0, 0.05) is 31.2 Å². The monoisotopic (exact) mass is 193 g/mol. The van der Waals surface area contributed by atoms with Gasteiger partial charge in [0.05, 0.1) is 0 Å². The normalized spacial score (nSPS) is 10.1. The minimum atomic E-state index is 0.755. The summed E-state index contributed by atoms with van der Waals surface area (Å²) >= 11 is 0. The van der Waals surface area contributed by atoms with Gasteiger partial charge >= 0.3 is 0 Å². The molecule has 0 fully saturated rings. The molecule has 0 aliphatic heterocycles. The molecule has 1 heterocycles. The van der Waals surface area contributed by atoms with Crippen LogP contribution in [0.2, 0.25) is 0 Å². The molecule has 14 heavy (non-hydrogen) atoms. The second-order valence-corrected chi connectivity index (χ2v) is 3.33. The number of nitrogens with zero attached hydrogens (tertiary/aromatic N) is 2. The molecule has 0 aromatic carbocycles. The largest absolute Gasteiger partial charge is 0.371 e. The van der Waals surface area contributed by atoms with Gasteiger partial charge in [-0.25, -0.2) is 0 Å². The zero-order valence-corrected chi connectivity index (χ0v) is 8.82. The summed E-state index contributed by atoms with van der Waals surface area (Å²) < 4.78 is 0. The highest BCUT2D eigenvalue weighted by atomic mass is 15.1. The van der Waals surface area contributed by atoms with Crippen molar-refractivity contribution < 1.29 is 0 Å². The van der Waals surface area contributed by atoms with Crippen molar-refractivity contribution in [1.82, 2.24) is 4.98 Å². The molecule has 0 saturated carbocycles. The van der Waals surface area contributed by atoms with E-state index in [2.05, 4.69) is 16.8 Å². The summed E-state index contributed by atoms with van der Waals surface area (Å²) in [5.74, 6) is 0. The summed E-state index contributed by atoms with van der Waals surface area (Å²) in [6.07, 6.45) is 5.87. The van der Waals surface area contributed by atoms with Crippen LogP contribution in [0, 0.1) is 0 Å². The molecule has 3 nitrogen and oxygen atoms in total. The standard InChI is InChI=1S/C11H19N3/c1-2-9-14(10-3-6-12)11-4-7-13-8-5-11/h4-5,7-8H,2-3,6,9-10,12H2,1H3. The summed E-state index contributed by atoms with van der Waals surface area (Å²) in [6, 6.07) is 4.10. The Morgan fingerprint density at radius 3 is 2.57 bits per heavy atom. The van der Waals surface area contributed by atoms with E-state index in [0.29, 0.717) is 0 Å². The second-order valence-electron chi connectivity index (χ2n) is 3.33. The minimum absolute atomic E-state index is 0.755. The van der Waals surface area contributed by atoms with Gasteiger partial charge in [-0.05, 0) is 31.5 Å². The molecule has 3 heteroatoms. The maximum absolute atomic E-state index is 5.51. The van der Waals surface area contributed by atoms with Crippen molar-refractivity contribution >= 4 is 5.69 Å². The molecule has 0 aliphatic rings. The van der Waals surface area contributed by atoms with E-state index in [-0.39, 0.29) is 0 Å². The van der Waals surface area contributed by atoms with Crippen LogP contribution in [-0.2, 0) is 0 Å². The first-order valence-corrected chi connectivity index (χ1v) is 5.23. The quantitative estimate of drug-likeness (QED) is 0.747. The number of rotatable bonds is 6. The Kier molecular flexibility index (Phi) is 5.00. The predicted molar refractivity (Wildman–Crippen MR) is 60.4 cm³/mol. The highest BCUT2D eigenvalue weighted by Crippen LogP contribution is 2.12. The Morgan fingerprint density at radius 1 is 1.29 bits per heavy atom. The molecule has 1 aromatic rings. The number of aromatic nitrogens is 1. The van der Waals surface area contributed by atoms with E-state index in [0.717, 1.165) is 32.5 Å². The average Bonchev–Trinajstić information content (AvgIpc) is 2.25. The summed E-state index contributed by atoms with van der Waals surface area (Å²) in [5.41, 5.74) is 6.76. The van der Waals surface area contributed by atoms with E-state index < -0.39 is 0 Å². The molecule has 0 spiro atoms. The lowest BCUT2D eigenvalue weighted by molar-refractivity contribution is 0.720. The molecule has 0 aliphatic carbocycles. The molecule has 2 N–H and O–H groups in total. The van der Waals surface area contributed by atoms with Gasteiger partial charge in [0.2, 0.25) is 0 Å². The van der Waals surface area contributed by atoms with E-state index in [1.54, 1.807) is 0 Å². The number of anilines is 1. The van der Waals surface area contributed by atoms with Crippen molar-refractivity contribution in [2.45, 2.75) is 19.8 Å². The van der Waals surface area contributed by atoms with Gasteiger partial charge in [0.1, 0.15) is 0 Å². The molecule has 0 saturated heterocycles. The van der Waals surface area contributed by atoms with Gasteiger partial charge in [-0.15, -0.1) is 0 Å². The van der Waals surface area contributed by atoms with Crippen LogP contribution in [0.5, 0.6) is 0 Å². The number of nitrogens with two attached hydrogens (primary N) is 1. The van der Waals surface area contributed by atoms with E-state index in [1.165, 1.54) is 5.69 Å². The highest BCUT2D eigenvalue weighted by molar-refractivity contribution is 5.44. The minimum Gasteiger partial charge on any atom is -0.371 e. The smallest absolute Gasteiger partial charge is 0.0397 e. The summed E-state index contributed by atoms with van der Waals surface area (Å²) in [6.45, 7) is 5.07. The Hall–Kier alpha value is -1.09. The summed E-state index contributed by atoms with van der Waals surface area (Å²) in [5, 5.41) is 0. The molecule has 1 aromatic heterocycles. The number of hydrogen-bond acceptors (Lipinski definition) is 3. The zero-order valence-electron chi connectivity index (χ0n) is 8.82. The van der Waals surface area contributed by atoms with Crippen LogP contribution in [0.25, 0.3) is 0 Å². The maximum atomic E-state index is 5.51. The van der Waals surface area contributed by atoms with Crippen molar-refractivity contribution in [3.8, 4) is 0 Å². The van der Waals surface area contributed by atoms with Crippen LogP contribution in [0.3, 0.4) is 0 Å². The van der Waals surface area contributed by atoms with Crippen LogP contribution in [-0.4, -0.2) is 24.6 Å². The fourth-order valence-electron chi connectivity index (χ4n) is 1.48. The van der Waals surface area contributed by atoms with Crippen LogP contribution in [0.15, 0.2) is 24.5 Å². The van der Waals surface area contributed by atoms with Crippen LogP contribution in [0.4, 0.5) is 5.69 Å². The SMILES string of the molecule is CCCN(CCCN)c1ccncc1. The van der Waals surface area contributed by atoms with E-state index in [1.807, 2.05) is 24.5 Å². The van der Waals surface area contributed by atoms with Gasteiger partial charge in [-0.3, -0.25) is 4.98 Å². The first-order valence-electron chi connectivity index (χ1n) is 5.23. The topological polar surface area (TPSA) is 42.1 Å². The van der Waals surface area contributed by atoms with Crippen LogP contribution >= 0.6 is 0 Å². The molecule has 0 amide bonds.